The van der Waals surface area contributed by atoms with E-state index in [9.17, 15) is 0 Å². The molecule has 3 rings (SSSR count). The first-order valence-corrected chi connectivity index (χ1v) is 7.98. The van der Waals surface area contributed by atoms with Crippen LogP contribution >= 0.6 is 7.92 Å². The maximum atomic E-state index is 2.24. The third-order valence-corrected chi connectivity index (χ3v) is 5.92. The second-order valence-corrected chi connectivity index (χ2v) is 6.96. The number of hydrogen-bond donors (Lipinski definition) is 0. The molecule has 0 N–H and O–H groups in total. The Hall–Kier alpha value is -1.26. The molecule has 0 aliphatic heterocycles. The van der Waals surface area contributed by atoms with Crippen LogP contribution in [-0.4, -0.2) is 0 Å². The summed E-state index contributed by atoms with van der Waals surface area (Å²) in [5.74, 6) is 0. The Balaban J connectivity index is 0.00000147. The van der Waals surface area contributed by atoms with Crippen molar-refractivity contribution in [2.75, 3.05) is 0 Å². The van der Waals surface area contributed by atoms with Gasteiger partial charge in [0.1, 0.15) is 15.9 Å². The van der Waals surface area contributed by atoms with Crippen LogP contribution in [0.1, 0.15) is 0 Å². The molecule has 0 heterocycles. The van der Waals surface area contributed by atoms with Crippen molar-refractivity contribution in [1.29, 1.82) is 0 Å². The first kappa shape index (κ1) is 15.1. The summed E-state index contributed by atoms with van der Waals surface area (Å²) in [6.45, 7) is 0. The monoisotopic (exact) mass is 456 g/mol. The van der Waals surface area contributed by atoms with Crippen molar-refractivity contribution in [3.05, 3.63) is 91.0 Å². The summed E-state index contributed by atoms with van der Waals surface area (Å²) in [7, 11) is -0.877. The van der Waals surface area contributed by atoms with E-state index in [1.54, 1.807) is 0 Å². The molecule has 0 saturated heterocycles. The Kier molecular flexibility index (Phi) is 5.68. The number of rotatable bonds is 3. The molecule has 101 valence electrons. The maximum Gasteiger partial charge on any atom is 0.102 e. The molecule has 0 saturated carbocycles. The van der Waals surface area contributed by atoms with E-state index in [2.05, 4.69) is 91.0 Å². The molecule has 0 nitrogen and oxygen atoms in total. The maximum absolute atomic E-state index is 2.24. The molecule has 1 radical (unpaired) electrons. The van der Waals surface area contributed by atoms with Gasteiger partial charge in [0.15, 0.2) is 0 Å². The van der Waals surface area contributed by atoms with E-state index < -0.39 is 7.92 Å². The average Bonchev–Trinajstić information content (AvgIpc) is 2.51. The van der Waals surface area contributed by atoms with Gasteiger partial charge in [-0.3, -0.25) is 0 Å². The van der Waals surface area contributed by atoms with E-state index in [1.165, 1.54) is 15.9 Å². The minimum Gasteiger partial charge on any atom is -0.0620 e. The molecule has 0 aliphatic rings. The van der Waals surface area contributed by atoms with Crippen molar-refractivity contribution in [1.82, 2.24) is 0 Å². The van der Waals surface area contributed by atoms with Crippen LogP contribution in [-0.2, 0) is 20.1 Å². The zero-order valence-corrected chi connectivity index (χ0v) is 14.4. The summed E-state index contributed by atoms with van der Waals surface area (Å²) >= 11 is 0. The van der Waals surface area contributed by atoms with Gasteiger partial charge in [-0.25, -0.2) is 0 Å². The van der Waals surface area contributed by atoms with Crippen molar-refractivity contribution >= 4 is 23.8 Å². The Morgan fingerprint density at radius 1 is 0.400 bits per heavy atom. The Bertz CT molecular complexity index is 529. The Morgan fingerprint density at radius 2 is 0.650 bits per heavy atom. The molecule has 3 aromatic carbocycles. The van der Waals surface area contributed by atoms with Crippen molar-refractivity contribution in [3.63, 3.8) is 0 Å². The SMILES string of the molecule is [Ir].c1ccc([PH+](c2ccccc2)c2ccccc2)cc1. The van der Waals surface area contributed by atoms with E-state index in [4.69, 9.17) is 0 Å². The van der Waals surface area contributed by atoms with Gasteiger partial charge in [-0.05, 0) is 36.4 Å². The van der Waals surface area contributed by atoms with Gasteiger partial charge in [0.05, 0.1) is 7.92 Å². The Morgan fingerprint density at radius 3 is 0.900 bits per heavy atom. The molecule has 0 bridgehead atoms. The van der Waals surface area contributed by atoms with Gasteiger partial charge in [-0.1, -0.05) is 54.6 Å². The van der Waals surface area contributed by atoms with Gasteiger partial charge in [0, 0.05) is 20.1 Å². The molecule has 3 aromatic rings. The van der Waals surface area contributed by atoms with Crippen molar-refractivity contribution in [2.45, 2.75) is 0 Å². The molecule has 0 atom stereocenters. The van der Waals surface area contributed by atoms with Crippen LogP contribution in [0.3, 0.4) is 0 Å². The van der Waals surface area contributed by atoms with Crippen LogP contribution in [0.2, 0.25) is 0 Å². The first-order valence-electron chi connectivity index (χ1n) is 6.48. The van der Waals surface area contributed by atoms with Gasteiger partial charge < -0.3 is 0 Å². The van der Waals surface area contributed by atoms with Crippen LogP contribution in [0, 0.1) is 0 Å². The number of benzene rings is 3. The summed E-state index contributed by atoms with van der Waals surface area (Å²) in [6.07, 6.45) is 0. The standard InChI is InChI=1S/C18H15P.Ir/c1-4-10-16(11-5-1)19(17-12-6-2-7-13-17)18-14-8-3-9-15-18;/h1-15H;/p+1. The zero-order valence-electron chi connectivity index (χ0n) is 11.0. The Labute approximate surface area is 135 Å². The smallest absolute Gasteiger partial charge is 0.0620 e. The van der Waals surface area contributed by atoms with E-state index in [0.717, 1.165) is 0 Å². The van der Waals surface area contributed by atoms with Crippen LogP contribution in [0.15, 0.2) is 91.0 Å². The topological polar surface area (TPSA) is 0 Å². The third-order valence-electron chi connectivity index (χ3n) is 3.19. The summed E-state index contributed by atoms with van der Waals surface area (Å²) in [6, 6.07) is 32.5. The van der Waals surface area contributed by atoms with Crippen LogP contribution in [0.25, 0.3) is 0 Å². The van der Waals surface area contributed by atoms with E-state index in [-0.39, 0.29) is 20.1 Å². The largest absolute Gasteiger partial charge is 0.102 e. The molecule has 20 heavy (non-hydrogen) atoms. The molecule has 0 spiro atoms. The summed E-state index contributed by atoms with van der Waals surface area (Å²) in [4.78, 5) is 0. The minimum atomic E-state index is -0.877. The molecular weight excluding hydrogens is 439 g/mol. The van der Waals surface area contributed by atoms with Crippen molar-refractivity contribution in [3.8, 4) is 0 Å². The fraction of sp³-hybridized carbons (Fsp3) is 0. The second kappa shape index (κ2) is 7.50. The fourth-order valence-corrected chi connectivity index (χ4v) is 4.89. The number of hydrogen-bond acceptors (Lipinski definition) is 0. The average molecular weight is 456 g/mol. The molecule has 0 fully saturated rings. The van der Waals surface area contributed by atoms with Crippen LogP contribution < -0.4 is 15.9 Å². The van der Waals surface area contributed by atoms with E-state index in [0.29, 0.717) is 0 Å². The third kappa shape index (κ3) is 3.44. The molecule has 0 unspecified atom stereocenters. The van der Waals surface area contributed by atoms with E-state index >= 15 is 0 Å². The van der Waals surface area contributed by atoms with Crippen molar-refractivity contribution in [2.24, 2.45) is 0 Å². The second-order valence-electron chi connectivity index (χ2n) is 4.47. The van der Waals surface area contributed by atoms with Crippen LogP contribution in [0.4, 0.5) is 0 Å². The minimum absolute atomic E-state index is 0. The van der Waals surface area contributed by atoms with Gasteiger partial charge in [-0.15, -0.1) is 0 Å². The van der Waals surface area contributed by atoms with Crippen LogP contribution in [0.5, 0.6) is 0 Å². The van der Waals surface area contributed by atoms with Gasteiger partial charge >= 0.3 is 0 Å². The van der Waals surface area contributed by atoms with Gasteiger partial charge in [0.2, 0.25) is 0 Å². The molecule has 2 heteroatoms. The summed E-state index contributed by atoms with van der Waals surface area (Å²) in [5.41, 5.74) is 0. The quantitative estimate of drug-likeness (QED) is 0.533. The molecule has 0 aromatic heterocycles. The predicted octanol–water partition coefficient (Wildman–Crippen LogP) is 3.17. The first-order chi connectivity index (χ1) is 9.45. The molecular formula is C18H16IrP+. The summed E-state index contributed by atoms with van der Waals surface area (Å²) in [5, 5.41) is 4.31. The van der Waals surface area contributed by atoms with Gasteiger partial charge in [0.25, 0.3) is 0 Å². The van der Waals surface area contributed by atoms with Crippen molar-refractivity contribution < 1.29 is 20.1 Å². The summed E-state index contributed by atoms with van der Waals surface area (Å²) < 4.78 is 0. The molecule has 0 aliphatic carbocycles. The van der Waals surface area contributed by atoms with E-state index in [1.807, 2.05) is 0 Å². The zero-order chi connectivity index (χ0) is 12.9. The fourth-order valence-electron chi connectivity index (χ4n) is 2.31. The normalized spacial score (nSPS) is 10.1. The predicted molar refractivity (Wildman–Crippen MR) is 86.5 cm³/mol. The van der Waals surface area contributed by atoms with Gasteiger partial charge in [-0.2, -0.15) is 0 Å². The molecule has 0 amide bonds.